The van der Waals surface area contributed by atoms with Crippen molar-refractivity contribution in [2.24, 2.45) is 0 Å². The van der Waals surface area contributed by atoms with Crippen LogP contribution in [0.25, 0.3) is 0 Å². The fourth-order valence-electron chi connectivity index (χ4n) is 3.32. The molecule has 0 bridgehead atoms. The van der Waals surface area contributed by atoms with Gasteiger partial charge in [-0.1, -0.05) is 43.4 Å². The smallest absolute Gasteiger partial charge is 0.258 e. The monoisotopic (exact) mass is 346 g/mol. The summed E-state index contributed by atoms with van der Waals surface area (Å²) in [6, 6.07) is 7.93. The average molecular weight is 346 g/mol. The number of rotatable bonds is 7. The highest BCUT2D eigenvalue weighted by molar-refractivity contribution is 5.77. The lowest BCUT2D eigenvalue weighted by Crippen LogP contribution is -2.44. The second-order valence-electron chi connectivity index (χ2n) is 6.81. The topological polar surface area (TPSA) is 58.6 Å². The van der Waals surface area contributed by atoms with E-state index in [0.717, 1.165) is 18.4 Å². The predicted octanol–water partition coefficient (Wildman–Crippen LogP) is 3.06. The Morgan fingerprint density at radius 1 is 1.12 bits per heavy atom. The molecule has 2 rings (SSSR count). The number of nitrogens with one attached hydrogen (secondary N) is 1. The van der Waals surface area contributed by atoms with Gasteiger partial charge in [-0.05, 0) is 31.9 Å². The van der Waals surface area contributed by atoms with Crippen molar-refractivity contribution in [3.63, 3.8) is 0 Å². The molecule has 1 fully saturated rings. The third kappa shape index (κ3) is 6.77. The van der Waals surface area contributed by atoms with Crippen molar-refractivity contribution < 1.29 is 14.3 Å². The van der Waals surface area contributed by atoms with Crippen molar-refractivity contribution >= 4 is 11.8 Å². The Bertz CT molecular complexity index is 549. The quantitative estimate of drug-likeness (QED) is 0.772. The SMILES string of the molecule is CC(=O)N(CCNC(=O)COc1ccc(C)cc1)C1CCCCCC1. The maximum atomic E-state index is 12.0. The van der Waals surface area contributed by atoms with Gasteiger partial charge in [0.2, 0.25) is 5.91 Å². The lowest BCUT2D eigenvalue weighted by Gasteiger charge is -2.30. The summed E-state index contributed by atoms with van der Waals surface area (Å²) < 4.78 is 5.47. The number of aryl methyl sites for hydroxylation is 1. The van der Waals surface area contributed by atoms with Crippen LogP contribution in [0.1, 0.15) is 51.0 Å². The highest BCUT2D eigenvalue weighted by Gasteiger charge is 2.21. The summed E-state index contributed by atoms with van der Waals surface area (Å²) in [5.74, 6) is 0.617. The Kier molecular flexibility index (Phi) is 7.76. The van der Waals surface area contributed by atoms with Crippen LogP contribution in [-0.4, -0.2) is 42.5 Å². The zero-order valence-corrected chi connectivity index (χ0v) is 15.4. The van der Waals surface area contributed by atoms with Gasteiger partial charge in [0.15, 0.2) is 6.61 Å². The van der Waals surface area contributed by atoms with Crippen LogP contribution in [0.15, 0.2) is 24.3 Å². The molecule has 1 saturated carbocycles. The summed E-state index contributed by atoms with van der Waals surface area (Å²) in [4.78, 5) is 25.8. The number of carbonyl (C=O) groups excluding carboxylic acids is 2. The van der Waals surface area contributed by atoms with Gasteiger partial charge in [-0.15, -0.1) is 0 Å². The lowest BCUT2D eigenvalue weighted by atomic mass is 10.1. The fraction of sp³-hybridized carbons (Fsp3) is 0.600. The van der Waals surface area contributed by atoms with E-state index in [1.54, 1.807) is 6.92 Å². The Morgan fingerprint density at radius 2 is 1.76 bits per heavy atom. The molecule has 2 amide bonds. The first kappa shape index (κ1) is 19.3. The molecule has 0 saturated heterocycles. The Labute approximate surface area is 150 Å². The van der Waals surface area contributed by atoms with Crippen molar-refractivity contribution in [2.45, 2.75) is 58.4 Å². The van der Waals surface area contributed by atoms with E-state index in [0.29, 0.717) is 24.9 Å². The number of carbonyl (C=O) groups is 2. The number of benzene rings is 1. The molecule has 0 spiro atoms. The Hall–Kier alpha value is -2.04. The van der Waals surface area contributed by atoms with Gasteiger partial charge in [0.05, 0.1) is 0 Å². The van der Waals surface area contributed by atoms with Gasteiger partial charge in [-0.2, -0.15) is 0 Å². The molecule has 0 radical (unpaired) electrons. The van der Waals surface area contributed by atoms with Gasteiger partial charge < -0.3 is 15.0 Å². The molecule has 5 heteroatoms. The number of nitrogens with zero attached hydrogens (tertiary/aromatic N) is 1. The van der Waals surface area contributed by atoms with E-state index >= 15 is 0 Å². The van der Waals surface area contributed by atoms with Crippen LogP contribution in [0.4, 0.5) is 0 Å². The lowest BCUT2D eigenvalue weighted by molar-refractivity contribution is -0.132. The molecule has 5 nitrogen and oxygen atoms in total. The largest absolute Gasteiger partial charge is 0.484 e. The molecule has 25 heavy (non-hydrogen) atoms. The fourth-order valence-corrected chi connectivity index (χ4v) is 3.32. The van der Waals surface area contributed by atoms with Crippen LogP contribution >= 0.6 is 0 Å². The normalized spacial score (nSPS) is 15.3. The summed E-state index contributed by atoms with van der Waals surface area (Å²) in [6.45, 7) is 4.65. The maximum absolute atomic E-state index is 12.0. The van der Waals surface area contributed by atoms with Crippen molar-refractivity contribution in [1.29, 1.82) is 0 Å². The maximum Gasteiger partial charge on any atom is 0.258 e. The van der Waals surface area contributed by atoms with Crippen LogP contribution in [-0.2, 0) is 9.59 Å². The number of ether oxygens (including phenoxy) is 1. The Morgan fingerprint density at radius 3 is 2.36 bits per heavy atom. The first-order valence-electron chi connectivity index (χ1n) is 9.29. The third-order valence-corrected chi connectivity index (χ3v) is 4.74. The van der Waals surface area contributed by atoms with E-state index in [9.17, 15) is 9.59 Å². The second-order valence-corrected chi connectivity index (χ2v) is 6.81. The minimum Gasteiger partial charge on any atom is -0.484 e. The number of hydrogen-bond donors (Lipinski definition) is 1. The second kappa shape index (κ2) is 10.1. The van der Waals surface area contributed by atoms with E-state index < -0.39 is 0 Å². The first-order valence-corrected chi connectivity index (χ1v) is 9.29. The third-order valence-electron chi connectivity index (χ3n) is 4.74. The van der Waals surface area contributed by atoms with Crippen LogP contribution in [0.2, 0.25) is 0 Å². The minimum absolute atomic E-state index is 0.00738. The molecular weight excluding hydrogens is 316 g/mol. The molecule has 0 atom stereocenters. The standard InChI is InChI=1S/C20H30N2O3/c1-16-9-11-19(12-10-16)25-15-20(24)21-13-14-22(17(2)23)18-7-5-3-4-6-8-18/h9-12,18H,3-8,13-15H2,1-2H3,(H,21,24). The highest BCUT2D eigenvalue weighted by atomic mass is 16.5. The molecule has 0 aliphatic heterocycles. The highest BCUT2D eigenvalue weighted by Crippen LogP contribution is 2.21. The number of amides is 2. The van der Waals surface area contributed by atoms with Crippen molar-refractivity contribution in [2.75, 3.05) is 19.7 Å². The first-order chi connectivity index (χ1) is 12.1. The zero-order chi connectivity index (χ0) is 18.1. The van der Waals surface area contributed by atoms with Gasteiger partial charge in [0.1, 0.15) is 5.75 Å². The van der Waals surface area contributed by atoms with Crippen LogP contribution in [0.5, 0.6) is 5.75 Å². The molecule has 0 aromatic heterocycles. The van der Waals surface area contributed by atoms with E-state index in [2.05, 4.69) is 5.32 Å². The molecule has 0 unspecified atom stereocenters. The van der Waals surface area contributed by atoms with Crippen molar-refractivity contribution in [3.8, 4) is 5.75 Å². The van der Waals surface area contributed by atoms with Gasteiger partial charge in [-0.3, -0.25) is 9.59 Å². The molecule has 1 aliphatic carbocycles. The van der Waals surface area contributed by atoms with Crippen molar-refractivity contribution in [1.82, 2.24) is 10.2 Å². The summed E-state index contributed by atoms with van der Waals surface area (Å²) in [7, 11) is 0. The average Bonchev–Trinajstić information content (AvgIpc) is 2.87. The van der Waals surface area contributed by atoms with E-state index in [-0.39, 0.29) is 18.4 Å². The molecule has 0 heterocycles. The zero-order valence-electron chi connectivity index (χ0n) is 15.4. The predicted molar refractivity (Wildman–Crippen MR) is 98.6 cm³/mol. The van der Waals surface area contributed by atoms with Gasteiger partial charge in [0, 0.05) is 26.1 Å². The summed E-state index contributed by atoms with van der Waals surface area (Å²) in [5, 5.41) is 2.85. The summed E-state index contributed by atoms with van der Waals surface area (Å²) >= 11 is 0. The van der Waals surface area contributed by atoms with Gasteiger partial charge in [0.25, 0.3) is 5.91 Å². The van der Waals surface area contributed by atoms with Gasteiger partial charge in [-0.25, -0.2) is 0 Å². The molecule has 1 N–H and O–H groups in total. The van der Waals surface area contributed by atoms with E-state index in [1.807, 2.05) is 36.1 Å². The van der Waals surface area contributed by atoms with E-state index in [4.69, 9.17) is 4.74 Å². The molecule has 1 aliphatic rings. The Balaban J connectivity index is 1.72. The molecule has 138 valence electrons. The van der Waals surface area contributed by atoms with Crippen LogP contribution in [0, 0.1) is 6.92 Å². The summed E-state index contributed by atoms with van der Waals surface area (Å²) in [5.41, 5.74) is 1.15. The van der Waals surface area contributed by atoms with Gasteiger partial charge >= 0.3 is 0 Å². The van der Waals surface area contributed by atoms with E-state index in [1.165, 1.54) is 25.7 Å². The van der Waals surface area contributed by atoms with Crippen LogP contribution in [0.3, 0.4) is 0 Å². The molecule has 1 aromatic carbocycles. The number of hydrogen-bond acceptors (Lipinski definition) is 3. The molecule has 1 aromatic rings. The summed E-state index contributed by atoms with van der Waals surface area (Å²) in [6.07, 6.45) is 7.04. The van der Waals surface area contributed by atoms with Crippen LogP contribution < -0.4 is 10.1 Å². The molecular formula is C20H30N2O3. The van der Waals surface area contributed by atoms with Crippen molar-refractivity contribution in [3.05, 3.63) is 29.8 Å². The minimum atomic E-state index is -0.162.